The lowest BCUT2D eigenvalue weighted by molar-refractivity contribution is 0.138. The Kier molecular flexibility index (Phi) is 5.42. The van der Waals surface area contributed by atoms with E-state index < -0.39 is 0 Å². The molecule has 5 nitrogen and oxygen atoms in total. The van der Waals surface area contributed by atoms with Gasteiger partial charge in [0, 0.05) is 19.2 Å². The Morgan fingerprint density at radius 2 is 2.11 bits per heavy atom. The first-order chi connectivity index (χ1) is 8.81. The van der Waals surface area contributed by atoms with Gasteiger partial charge in [0.25, 0.3) is 0 Å². The molecule has 0 fully saturated rings. The van der Waals surface area contributed by atoms with Gasteiger partial charge in [0.15, 0.2) is 0 Å². The zero-order valence-corrected chi connectivity index (χ0v) is 12.4. The third kappa shape index (κ3) is 5.79. The van der Waals surface area contributed by atoms with Crippen molar-refractivity contribution in [1.82, 2.24) is 10.2 Å². The van der Waals surface area contributed by atoms with Crippen LogP contribution in [-0.2, 0) is 11.3 Å². The van der Waals surface area contributed by atoms with Crippen LogP contribution in [0.15, 0.2) is 16.5 Å². The van der Waals surface area contributed by atoms with Gasteiger partial charge >= 0.3 is 6.03 Å². The molecule has 1 aromatic heterocycles. The molecule has 1 heterocycles. The summed E-state index contributed by atoms with van der Waals surface area (Å²) in [4.78, 5) is 13.9. The van der Waals surface area contributed by atoms with Crippen LogP contribution >= 0.6 is 0 Å². The summed E-state index contributed by atoms with van der Waals surface area (Å²) >= 11 is 0. The Morgan fingerprint density at radius 1 is 1.42 bits per heavy atom. The first kappa shape index (κ1) is 15.6. The monoisotopic (exact) mass is 268 g/mol. The van der Waals surface area contributed by atoms with E-state index in [4.69, 9.17) is 9.15 Å². The van der Waals surface area contributed by atoms with Crippen LogP contribution in [0.4, 0.5) is 4.79 Å². The molecule has 1 aromatic rings. The zero-order valence-electron chi connectivity index (χ0n) is 12.4. The topological polar surface area (TPSA) is 54.7 Å². The standard InChI is InChI=1S/C14H24N2O3/c1-11-6-7-12(19-11)10-16(8-9-18-5)13(17)15-14(2,3)4/h6-7H,8-10H2,1-5H3,(H,15,17). The molecule has 1 N–H and O–H groups in total. The van der Waals surface area contributed by atoms with E-state index in [9.17, 15) is 4.79 Å². The number of urea groups is 1. The van der Waals surface area contributed by atoms with Crippen LogP contribution in [0.25, 0.3) is 0 Å². The third-order valence-corrected chi connectivity index (χ3v) is 2.48. The number of nitrogens with zero attached hydrogens (tertiary/aromatic N) is 1. The van der Waals surface area contributed by atoms with Gasteiger partial charge in [0.05, 0.1) is 13.2 Å². The largest absolute Gasteiger partial charge is 0.464 e. The molecular formula is C14H24N2O3. The van der Waals surface area contributed by atoms with Gasteiger partial charge in [-0.25, -0.2) is 4.79 Å². The minimum atomic E-state index is -0.262. The molecule has 1 rings (SSSR count). The minimum Gasteiger partial charge on any atom is -0.464 e. The van der Waals surface area contributed by atoms with Crippen LogP contribution in [0, 0.1) is 6.92 Å². The Hall–Kier alpha value is -1.49. The number of aryl methyl sites for hydroxylation is 1. The maximum atomic E-state index is 12.2. The molecule has 0 aliphatic carbocycles. The average molecular weight is 268 g/mol. The van der Waals surface area contributed by atoms with E-state index in [1.54, 1.807) is 12.0 Å². The number of furan rings is 1. The maximum absolute atomic E-state index is 12.2. The molecule has 0 bridgehead atoms. The van der Waals surface area contributed by atoms with Gasteiger partial charge in [-0.15, -0.1) is 0 Å². The highest BCUT2D eigenvalue weighted by Crippen LogP contribution is 2.10. The van der Waals surface area contributed by atoms with Crippen molar-refractivity contribution in [1.29, 1.82) is 0 Å². The van der Waals surface area contributed by atoms with E-state index in [-0.39, 0.29) is 11.6 Å². The summed E-state index contributed by atoms with van der Waals surface area (Å²) in [5, 5.41) is 2.94. The Balaban J connectivity index is 2.68. The van der Waals surface area contributed by atoms with E-state index in [1.807, 2.05) is 39.8 Å². The summed E-state index contributed by atoms with van der Waals surface area (Å²) < 4.78 is 10.6. The van der Waals surface area contributed by atoms with Crippen LogP contribution in [0.3, 0.4) is 0 Å². The zero-order chi connectivity index (χ0) is 14.5. The summed E-state index contributed by atoms with van der Waals surface area (Å²) in [6.45, 7) is 9.22. The number of nitrogens with one attached hydrogen (secondary N) is 1. The molecule has 0 unspecified atom stereocenters. The van der Waals surface area contributed by atoms with Crippen LogP contribution in [0.1, 0.15) is 32.3 Å². The van der Waals surface area contributed by atoms with Gasteiger partial charge in [0.2, 0.25) is 0 Å². The van der Waals surface area contributed by atoms with Gasteiger partial charge < -0.3 is 19.4 Å². The minimum absolute atomic E-state index is 0.112. The Bertz CT molecular complexity index is 407. The predicted octanol–water partition coefficient (Wildman–Crippen LogP) is 2.54. The van der Waals surface area contributed by atoms with Gasteiger partial charge in [-0.1, -0.05) is 0 Å². The fraction of sp³-hybridized carbons (Fsp3) is 0.643. The molecule has 0 aromatic carbocycles. The highest BCUT2D eigenvalue weighted by Gasteiger charge is 2.20. The number of hydrogen-bond donors (Lipinski definition) is 1. The number of rotatable bonds is 5. The lowest BCUT2D eigenvalue weighted by Gasteiger charge is -2.27. The molecule has 0 atom stereocenters. The average Bonchev–Trinajstić information content (AvgIpc) is 2.67. The summed E-state index contributed by atoms with van der Waals surface area (Å²) in [5.41, 5.74) is -0.262. The second-order valence-electron chi connectivity index (χ2n) is 5.61. The van der Waals surface area contributed by atoms with E-state index in [0.717, 1.165) is 11.5 Å². The molecule has 19 heavy (non-hydrogen) atoms. The molecule has 0 spiro atoms. The number of ether oxygens (including phenoxy) is 1. The van der Waals surface area contributed by atoms with Crippen molar-refractivity contribution in [3.8, 4) is 0 Å². The smallest absolute Gasteiger partial charge is 0.318 e. The molecule has 2 amide bonds. The second kappa shape index (κ2) is 6.61. The predicted molar refractivity (Wildman–Crippen MR) is 74.0 cm³/mol. The van der Waals surface area contributed by atoms with Gasteiger partial charge in [-0.3, -0.25) is 0 Å². The molecule has 108 valence electrons. The van der Waals surface area contributed by atoms with Gasteiger partial charge in [0.1, 0.15) is 11.5 Å². The quantitative estimate of drug-likeness (QED) is 0.893. The van der Waals surface area contributed by atoms with Gasteiger partial charge in [-0.2, -0.15) is 0 Å². The number of carbonyl (C=O) groups excluding carboxylic acids is 1. The molecule has 0 saturated heterocycles. The van der Waals surface area contributed by atoms with Crippen molar-refractivity contribution in [2.24, 2.45) is 0 Å². The van der Waals surface area contributed by atoms with Crippen LogP contribution in [0.2, 0.25) is 0 Å². The first-order valence-electron chi connectivity index (χ1n) is 6.43. The lowest BCUT2D eigenvalue weighted by atomic mass is 10.1. The molecule has 0 radical (unpaired) electrons. The molecule has 0 aliphatic heterocycles. The van der Waals surface area contributed by atoms with Gasteiger partial charge in [-0.05, 0) is 39.8 Å². The summed E-state index contributed by atoms with van der Waals surface area (Å²) in [5.74, 6) is 1.62. The van der Waals surface area contributed by atoms with Crippen molar-refractivity contribution in [2.45, 2.75) is 39.8 Å². The van der Waals surface area contributed by atoms with Crippen LogP contribution < -0.4 is 5.32 Å². The number of methoxy groups -OCH3 is 1. The third-order valence-electron chi connectivity index (χ3n) is 2.48. The Morgan fingerprint density at radius 3 is 2.58 bits per heavy atom. The fourth-order valence-corrected chi connectivity index (χ4v) is 1.61. The molecule has 5 heteroatoms. The summed E-state index contributed by atoms with van der Waals surface area (Å²) in [6, 6.07) is 3.67. The van der Waals surface area contributed by atoms with Crippen molar-refractivity contribution >= 4 is 6.03 Å². The number of hydrogen-bond acceptors (Lipinski definition) is 3. The van der Waals surface area contributed by atoms with Crippen molar-refractivity contribution in [3.05, 3.63) is 23.7 Å². The van der Waals surface area contributed by atoms with E-state index in [2.05, 4.69) is 5.32 Å². The lowest BCUT2D eigenvalue weighted by Crippen LogP contribution is -2.49. The summed E-state index contributed by atoms with van der Waals surface area (Å²) in [6.07, 6.45) is 0. The maximum Gasteiger partial charge on any atom is 0.318 e. The molecule has 0 saturated carbocycles. The normalized spacial score (nSPS) is 11.4. The summed E-state index contributed by atoms with van der Waals surface area (Å²) in [7, 11) is 1.62. The SMILES string of the molecule is COCCN(Cc1ccc(C)o1)C(=O)NC(C)(C)C. The van der Waals surface area contributed by atoms with Crippen molar-refractivity contribution < 1.29 is 13.9 Å². The fourth-order valence-electron chi connectivity index (χ4n) is 1.61. The van der Waals surface area contributed by atoms with Crippen LogP contribution in [-0.4, -0.2) is 36.7 Å². The van der Waals surface area contributed by atoms with Crippen LogP contribution in [0.5, 0.6) is 0 Å². The Labute approximate surface area is 114 Å². The molecular weight excluding hydrogens is 244 g/mol. The van der Waals surface area contributed by atoms with E-state index in [0.29, 0.717) is 19.7 Å². The highest BCUT2D eigenvalue weighted by molar-refractivity contribution is 5.74. The second-order valence-corrected chi connectivity index (χ2v) is 5.61. The first-order valence-corrected chi connectivity index (χ1v) is 6.43. The van der Waals surface area contributed by atoms with Crippen molar-refractivity contribution in [3.63, 3.8) is 0 Å². The van der Waals surface area contributed by atoms with E-state index >= 15 is 0 Å². The van der Waals surface area contributed by atoms with E-state index in [1.165, 1.54) is 0 Å². The number of carbonyl (C=O) groups is 1. The molecule has 0 aliphatic rings. The number of amides is 2. The van der Waals surface area contributed by atoms with Crippen molar-refractivity contribution in [2.75, 3.05) is 20.3 Å². The highest BCUT2D eigenvalue weighted by atomic mass is 16.5.